The topological polar surface area (TPSA) is 39.8 Å². The van der Waals surface area contributed by atoms with E-state index in [0.29, 0.717) is 0 Å². The van der Waals surface area contributed by atoms with Gasteiger partial charge in [0, 0.05) is 31.5 Å². The molecular weight excluding hydrogens is 176 g/mol. The maximum absolute atomic E-state index is 10.5. The van der Waals surface area contributed by atoms with Gasteiger partial charge < -0.3 is 5.21 Å². The third-order valence-corrected chi connectivity index (χ3v) is 1.58. The third kappa shape index (κ3) is 3.67. The Hall–Kier alpha value is -1.90. The van der Waals surface area contributed by atoms with Crippen LogP contribution in [0.15, 0.2) is 55.0 Å². The van der Waals surface area contributed by atoms with Crippen LogP contribution < -0.4 is 4.73 Å². The Bertz CT molecular complexity index is 315. The van der Waals surface area contributed by atoms with E-state index in [4.69, 9.17) is 0 Å². The molecule has 0 radical (unpaired) electrons. The van der Waals surface area contributed by atoms with Gasteiger partial charge in [0.25, 0.3) is 0 Å². The lowest BCUT2D eigenvalue weighted by Gasteiger charge is -1.95. The molecule has 0 N–H and O–H groups in total. The molecule has 0 saturated carbocycles. The van der Waals surface area contributed by atoms with Crippen LogP contribution in [0.2, 0.25) is 0 Å². The molecule has 2 aromatic rings. The van der Waals surface area contributed by atoms with E-state index in [-0.39, 0.29) is 0 Å². The zero-order chi connectivity index (χ0) is 10.2. The monoisotopic (exact) mass is 188 g/mol. The van der Waals surface area contributed by atoms with Gasteiger partial charge in [-0.1, -0.05) is 12.1 Å². The fourth-order valence-electron chi connectivity index (χ4n) is 0.826. The van der Waals surface area contributed by atoms with Crippen LogP contribution in [-0.2, 0) is 0 Å². The van der Waals surface area contributed by atoms with Gasteiger partial charge in [-0.3, -0.25) is 4.98 Å². The normalized spacial score (nSPS) is 8.64. The molecule has 3 heteroatoms. The highest BCUT2D eigenvalue weighted by Gasteiger charge is 1.89. The Labute approximate surface area is 83.3 Å². The molecule has 14 heavy (non-hydrogen) atoms. The maximum Gasteiger partial charge on any atom is 0.189 e. The van der Waals surface area contributed by atoms with Gasteiger partial charge in [-0.2, -0.15) is 4.73 Å². The first kappa shape index (κ1) is 10.2. The minimum Gasteiger partial charge on any atom is -0.619 e. The standard InChI is InChI=1S/C6H7NO.C5H5N/c1-6-4-2-3-5-7(6)8;1-2-4-6-5-3-1/h2-5H,1H3;1-5H. The van der Waals surface area contributed by atoms with Gasteiger partial charge in [0.15, 0.2) is 11.9 Å². The first-order valence-electron chi connectivity index (χ1n) is 4.30. The Kier molecular flexibility index (Phi) is 4.14. The lowest BCUT2D eigenvalue weighted by atomic mass is 10.4. The second-order valence-electron chi connectivity index (χ2n) is 2.69. The molecule has 0 unspecified atom stereocenters. The van der Waals surface area contributed by atoms with Crippen molar-refractivity contribution >= 4 is 0 Å². The molecule has 0 atom stereocenters. The summed E-state index contributed by atoms with van der Waals surface area (Å²) in [5, 5.41) is 10.5. The Morgan fingerprint density at radius 1 is 1.07 bits per heavy atom. The van der Waals surface area contributed by atoms with Crippen molar-refractivity contribution in [3.05, 3.63) is 65.9 Å². The molecule has 0 saturated heterocycles. The molecule has 0 fully saturated rings. The molecule has 0 aliphatic heterocycles. The molecule has 0 spiro atoms. The average molecular weight is 188 g/mol. The quantitative estimate of drug-likeness (QED) is 0.466. The molecule has 0 aromatic carbocycles. The van der Waals surface area contributed by atoms with Crippen molar-refractivity contribution < 1.29 is 4.73 Å². The van der Waals surface area contributed by atoms with E-state index >= 15 is 0 Å². The Morgan fingerprint density at radius 3 is 2.07 bits per heavy atom. The molecule has 2 rings (SSSR count). The van der Waals surface area contributed by atoms with Gasteiger partial charge in [0.2, 0.25) is 0 Å². The summed E-state index contributed by atoms with van der Waals surface area (Å²) in [7, 11) is 0. The van der Waals surface area contributed by atoms with Crippen molar-refractivity contribution in [3.63, 3.8) is 0 Å². The Morgan fingerprint density at radius 2 is 1.79 bits per heavy atom. The van der Waals surface area contributed by atoms with Crippen molar-refractivity contribution in [1.29, 1.82) is 0 Å². The van der Waals surface area contributed by atoms with Crippen molar-refractivity contribution in [2.75, 3.05) is 0 Å². The van der Waals surface area contributed by atoms with E-state index < -0.39 is 0 Å². The van der Waals surface area contributed by atoms with Gasteiger partial charge in [-0.15, -0.1) is 0 Å². The predicted octanol–water partition coefficient (Wildman–Crippen LogP) is 1.71. The van der Waals surface area contributed by atoms with E-state index in [1.165, 1.54) is 6.20 Å². The van der Waals surface area contributed by atoms with Crippen molar-refractivity contribution in [3.8, 4) is 0 Å². The minimum atomic E-state index is 0.729. The van der Waals surface area contributed by atoms with Crippen LogP contribution in [0.1, 0.15) is 5.69 Å². The SMILES string of the molecule is Cc1cccc[n+]1[O-].c1ccncc1. The van der Waals surface area contributed by atoms with Crippen molar-refractivity contribution in [2.45, 2.75) is 6.92 Å². The minimum absolute atomic E-state index is 0.729. The molecule has 3 nitrogen and oxygen atoms in total. The summed E-state index contributed by atoms with van der Waals surface area (Å²) in [6.07, 6.45) is 4.98. The number of pyridine rings is 2. The molecule has 0 bridgehead atoms. The lowest BCUT2D eigenvalue weighted by Crippen LogP contribution is -2.28. The van der Waals surface area contributed by atoms with E-state index in [0.717, 1.165) is 10.4 Å². The number of hydrogen-bond donors (Lipinski definition) is 0. The zero-order valence-electron chi connectivity index (χ0n) is 8.00. The highest BCUT2D eigenvalue weighted by atomic mass is 16.5. The van der Waals surface area contributed by atoms with E-state index in [9.17, 15) is 5.21 Å². The van der Waals surface area contributed by atoms with E-state index in [1.54, 1.807) is 31.5 Å². The second kappa shape index (κ2) is 5.70. The highest BCUT2D eigenvalue weighted by Crippen LogP contribution is 1.83. The molecular formula is C11H12N2O. The molecule has 0 aliphatic rings. The number of nitrogens with zero attached hydrogens (tertiary/aromatic N) is 2. The summed E-state index contributed by atoms with van der Waals surface area (Å²) in [6.45, 7) is 1.77. The maximum atomic E-state index is 10.5. The summed E-state index contributed by atoms with van der Waals surface area (Å²) in [5.41, 5.74) is 0.729. The Balaban J connectivity index is 0.000000146. The molecule has 2 aromatic heterocycles. The molecule has 0 aliphatic carbocycles. The highest BCUT2D eigenvalue weighted by molar-refractivity contribution is 4.94. The van der Waals surface area contributed by atoms with E-state index in [2.05, 4.69) is 4.98 Å². The number of aromatic nitrogens is 2. The molecule has 0 amide bonds. The van der Waals surface area contributed by atoms with Gasteiger partial charge >= 0.3 is 0 Å². The number of rotatable bonds is 0. The number of aryl methyl sites for hydroxylation is 1. The summed E-state index contributed by atoms with van der Waals surface area (Å²) in [4.78, 5) is 3.78. The van der Waals surface area contributed by atoms with Crippen LogP contribution in [-0.4, -0.2) is 4.98 Å². The summed E-state index contributed by atoms with van der Waals surface area (Å²) in [6, 6.07) is 11.0. The van der Waals surface area contributed by atoms with Crippen LogP contribution in [0.5, 0.6) is 0 Å². The fraction of sp³-hybridized carbons (Fsp3) is 0.0909. The molecule has 2 heterocycles. The van der Waals surface area contributed by atoms with Gasteiger partial charge in [0.05, 0.1) is 0 Å². The van der Waals surface area contributed by atoms with Crippen molar-refractivity contribution in [2.24, 2.45) is 0 Å². The predicted molar refractivity (Wildman–Crippen MR) is 54.4 cm³/mol. The summed E-state index contributed by atoms with van der Waals surface area (Å²) >= 11 is 0. The second-order valence-corrected chi connectivity index (χ2v) is 2.69. The smallest absolute Gasteiger partial charge is 0.189 e. The lowest BCUT2D eigenvalue weighted by molar-refractivity contribution is -0.612. The van der Waals surface area contributed by atoms with Crippen molar-refractivity contribution in [1.82, 2.24) is 4.98 Å². The first-order chi connectivity index (χ1) is 6.80. The fourth-order valence-corrected chi connectivity index (χ4v) is 0.826. The first-order valence-corrected chi connectivity index (χ1v) is 4.30. The molecule has 72 valence electrons. The largest absolute Gasteiger partial charge is 0.619 e. The van der Waals surface area contributed by atoms with E-state index in [1.807, 2.05) is 24.3 Å². The van der Waals surface area contributed by atoms with Crippen LogP contribution >= 0.6 is 0 Å². The average Bonchev–Trinajstić information content (AvgIpc) is 2.26. The van der Waals surface area contributed by atoms with Gasteiger partial charge in [0.1, 0.15) is 0 Å². The van der Waals surface area contributed by atoms with Crippen LogP contribution in [0.4, 0.5) is 0 Å². The third-order valence-electron chi connectivity index (χ3n) is 1.58. The van der Waals surface area contributed by atoms with Gasteiger partial charge in [-0.25, -0.2) is 0 Å². The zero-order valence-corrected chi connectivity index (χ0v) is 8.00. The van der Waals surface area contributed by atoms with Crippen LogP contribution in [0.25, 0.3) is 0 Å². The number of hydrogen-bond acceptors (Lipinski definition) is 2. The van der Waals surface area contributed by atoms with Crippen LogP contribution in [0.3, 0.4) is 0 Å². The van der Waals surface area contributed by atoms with Crippen LogP contribution in [0, 0.1) is 12.1 Å². The summed E-state index contributed by atoms with van der Waals surface area (Å²) < 4.78 is 0.833. The summed E-state index contributed by atoms with van der Waals surface area (Å²) in [5.74, 6) is 0. The van der Waals surface area contributed by atoms with Gasteiger partial charge in [-0.05, 0) is 12.1 Å².